The number of furan rings is 1. The van der Waals surface area contributed by atoms with Gasteiger partial charge in [-0.3, -0.25) is 4.98 Å². The second-order valence-electron chi connectivity index (χ2n) is 6.03. The molecule has 144 valence electrons. The largest absolute Gasteiger partial charge is 0.462 e. The Bertz CT molecular complexity index is 1170. The normalized spacial score (nSPS) is 10.7. The van der Waals surface area contributed by atoms with Crippen LogP contribution in [0.2, 0.25) is 0 Å². The number of nitrogens with zero attached hydrogens (tertiary/aromatic N) is 2. The number of esters is 2. The number of carbonyl (C=O) groups is 2. The maximum absolute atomic E-state index is 12.7. The highest BCUT2D eigenvalue weighted by Crippen LogP contribution is 2.36. The Hall–Kier alpha value is -4.00. The summed E-state index contributed by atoms with van der Waals surface area (Å²) in [7, 11) is 0. The van der Waals surface area contributed by atoms with Crippen molar-refractivity contribution < 1.29 is 23.5 Å². The van der Waals surface area contributed by atoms with Crippen LogP contribution in [0.4, 0.5) is 0 Å². The summed E-state index contributed by atoms with van der Waals surface area (Å²) < 4.78 is 16.5. The van der Waals surface area contributed by atoms with Crippen LogP contribution in [0, 0.1) is 0 Å². The van der Waals surface area contributed by atoms with E-state index in [4.69, 9.17) is 13.9 Å². The smallest absolute Gasteiger partial charge is 0.363 e. The van der Waals surface area contributed by atoms with Gasteiger partial charge in [-0.15, -0.1) is 0 Å². The zero-order valence-electron chi connectivity index (χ0n) is 15.5. The molecule has 7 nitrogen and oxygen atoms in total. The van der Waals surface area contributed by atoms with Gasteiger partial charge in [-0.05, 0) is 25.1 Å². The average molecular weight is 388 g/mol. The molecular formula is C22H16N2O5. The van der Waals surface area contributed by atoms with E-state index in [1.807, 2.05) is 30.3 Å². The van der Waals surface area contributed by atoms with E-state index in [9.17, 15) is 9.59 Å². The molecule has 0 unspecified atom stereocenters. The molecule has 0 atom stereocenters. The van der Waals surface area contributed by atoms with Crippen LogP contribution in [0.15, 0.2) is 71.5 Å². The monoisotopic (exact) mass is 388 g/mol. The van der Waals surface area contributed by atoms with Crippen LogP contribution < -0.4 is 4.74 Å². The molecule has 2 aromatic heterocycles. The summed E-state index contributed by atoms with van der Waals surface area (Å²) in [6.45, 7) is 1.96. The fraction of sp³-hybridized carbons (Fsp3) is 0.0909. The number of hydrogen-bond donors (Lipinski definition) is 0. The van der Waals surface area contributed by atoms with Crippen LogP contribution in [0.3, 0.4) is 0 Å². The summed E-state index contributed by atoms with van der Waals surface area (Å²) in [5.41, 5.74) is 1.58. The first-order valence-electron chi connectivity index (χ1n) is 8.94. The zero-order chi connectivity index (χ0) is 20.2. The van der Waals surface area contributed by atoms with Crippen LogP contribution in [0.5, 0.6) is 5.75 Å². The number of benzene rings is 2. The Morgan fingerprint density at radius 3 is 2.59 bits per heavy atom. The van der Waals surface area contributed by atoms with Gasteiger partial charge < -0.3 is 13.9 Å². The topological polar surface area (TPSA) is 91.5 Å². The first kappa shape index (κ1) is 18.4. The Balaban J connectivity index is 1.78. The van der Waals surface area contributed by atoms with Crippen molar-refractivity contribution in [3.8, 4) is 17.1 Å². The minimum Gasteiger partial charge on any atom is -0.462 e. The van der Waals surface area contributed by atoms with E-state index < -0.39 is 11.9 Å². The molecule has 0 aliphatic rings. The lowest BCUT2D eigenvalue weighted by atomic mass is 10.1. The summed E-state index contributed by atoms with van der Waals surface area (Å²) in [6, 6.07) is 14.1. The lowest BCUT2D eigenvalue weighted by molar-refractivity contribution is 0.0528. The Kier molecular flexibility index (Phi) is 5.03. The zero-order valence-corrected chi connectivity index (χ0v) is 15.5. The third-order valence-electron chi connectivity index (χ3n) is 4.16. The highest BCUT2D eigenvalue weighted by Gasteiger charge is 2.24. The number of aromatic nitrogens is 2. The minimum absolute atomic E-state index is 0.0791. The summed E-state index contributed by atoms with van der Waals surface area (Å²) in [5, 5.41) is 0.492. The number of rotatable bonds is 5. The minimum atomic E-state index is -0.651. The highest BCUT2D eigenvalue weighted by molar-refractivity contribution is 6.09. The van der Waals surface area contributed by atoms with Crippen LogP contribution in [0.1, 0.15) is 27.8 Å². The van der Waals surface area contributed by atoms with Gasteiger partial charge >= 0.3 is 11.9 Å². The number of hydrogen-bond acceptors (Lipinski definition) is 7. The van der Waals surface area contributed by atoms with Crippen molar-refractivity contribution in [3.63, 3.8) is 0 Å². The van der Waals surface area contributed by atoms with Gasteiger partial charge in [0.25, 0.3) is 0 Å². The SMILES string of the molecule is CCOC(=O)c1c(-c2ccccc2)oc2ccc(OC(=O)c3cnccn3)cc12. The van der Waals surface area contributed by atoms with Crippen molar-refractivity contribution in [3.05, 3.63) is 78.4 Å². The van der Waals surface area contributed by atoms with E-state index in [0.717, 1.165) is 5.56 Å². The molecule has 7 heteroatoms. The van der Waals surface area contributed by atoms with Crippen molar-refractivity contribution in [1.82, 2.24) is 9.97 Å². The molecule has 0 spiro atoms. The van der Waals surface area contributed by atoms with E-state index in [1.165, 1.54) is 18.6 Å². The molecule has 2 heterocycles. The Morgan fingerprint density at radius 1 is 1.03 bits per heavy atom. The molecular weight excluding hydrogens is 372 g/mol. The van der Waals surface area contributed by atoms with Crippen LogP contribution >= 0.6 is 0 Å². The standard InChI is InChI=1S/C22H16N2O5/c1-2-27-22(26)19-16-12-15(28-21(25)17-13-23-10-11-24-17)8-9-18(16)29-20(19)14-6-4-3-5-7-14/h3-13H,2H2,1H3. The first-order valence-corrected chi connectivity index (χ1v) is 8.94. The predicted octanol–water partition coefficient (Wildman–Crippen LogP) is 4.29. The second-order valence-corrected chi connectivity index (χ2v) is 6.03. The molecule has 0 bridgehead atoms. The van der Waals surface area contributed by atoms with Crippen LogP contribution in [-0.4, -0.2) is 28.5 Å². The Morgan fingerprint density at radius 2 is 1.86 bits per heavy atom. The van der Waals surface area contributed by atoms with E-state index in [1.54, 1.807) is 25.1 Å². The van der Waals surface area contributed by atoms with Gasteiger partial charge in [-0.25, -0.2) is 14.6 Å². The number of fused-ring (bicyclic) bond motifs is 1. The molecule has 0 radical (unpaired) electrons. The summed E-state index contributed by atoms with van der Waals surface area (Å²) in [4.78, 5) is 32.7. The maximum Gasteiger partial charge on any atom is 0.363 e. The molecule has 4 aromatic rings. The molecule has 0 aliphatic carbocycles. The van der Waals surface area contributed by atoms with Crippen LogP contribution in [0.25, 0.3) is 22.3 Å². The van der Waals surface area contributed by atoms with E-state index in [-0.39, 0.29) is 23.6 Å². The lowest BCUT2D eigenvalue weighted by Gasteiger charge is -2.05. The Labute approximate surface area is 165 Å². The van der Waals surface area contributed by atoms with E-state index in [2.05, 4.69) is 9.97 Å². The number of carbonyl (C=O) groups excluding carboxylic acids is 2. The fourth-order valence-corrected chi connectivity index (χ4v) is 2.90. The molecule has 4 rings (SSSR count). The molecule has 29 heavy (non-hydrogen) atoms. The molecule has 0 amide bonds. The van der Waals surface area contributed by atoms with Gasteiger partial charge in [0, 0.05) is 23.3 Å². The van der Waals surface area contributed by atoms with Crippen molar-refractivity contribution in [2.24, 2.45) is 0 Å². The van der Waals surface area contributed by atoms with Crippen molar-refractivity contribution >= 4 is 22.9 Å². The molecule has 0 saturated carbocycles. The first-order chi connectivity index (χ1) is 14.2. The van der Waals surface area contributed by atoms with Gasteiger partial charge in [0.2, 0.25) is 0 Å². The highest BCUT2D eigenvalue weighted by atomic mass is 16.5. The van der Waals surface area contributed by atoms with Gasteiger partial charge in [-0.2, -0.15) is 0 Å². The van der Waals surface area contributed by atoms with E-state index in [0.29, 0.717) is 16.7 Å². The van der Waals surface area contributed by atoms with Crippen molar-refractivity contribution in [2.45, 2.75) is 6.92 Å². The molecule has 0 fully saturated rings. The predicted molar refractivity (Wildman–Crippen MR) is 105 cm³/mol. The lowest BCUT2D eigenvalue weighted by Crippen LogP contribution is -2.10. The third-order valence-corrected chi connectivity index (χ3v) is 4.16. The maximum atomic E-state index is 12.7. The van der Waals surface area contributed by atoms with E-state index >= 15 is 0 Å². The molecule has 0 N–H and O–H groups in total. The van der Waals surface area contributed by atoms with Crippen molar-refractivity contribution in [2.75, 3.05) is 6.61 Å². The quantitative estimate of drug-likeness (QED) is 0.372. The molecule has 0 saturated heterocycles. The third kappa shape index (κ3) is 3.70. The van der Waals surface area contributed by atoms with Gasteiger partial charge in [0.05, 0.1) is 12.8 Å². The van der Waals surface area contributed by atoms with Gasteiger partial charge in [0.15, 0.2) is 5.69 Å². The second kappa shape index (κ2) is 7.93. The van der Waals surface area contributed by atoms with Crippen LogP contribution in [-0.2, 0) is 4.74 Å². The molecule has 2 aromatic carbocycles. The average Bonchev–Trinajstić information content (AvgIpc) is 3.14. The fourth-order valence-electron chi connectivity index (χ4n) is 2.90. The van der Waals surface area contributed by atoms with Gasteiger partial charge in [0.1, 0.15) is 22.7 Å². The van der Waals surface area contributed by atoms with Gasteiger partial charge in [-0.1, -0.05) is 30.3 Å². The summed E-state index contributed by atoms with van der Waals surface area (Å²) >= 11 is 0. The van der Waals surface area contributed by atoms with Crippen molar-refractivity contribution in [1.29, 1.82) is 0 Å². The number of ether oxygens (including phenoxy) is 2. The molecule has 0 aliphatic heterocycles. The summed E-state index contributed by atoms with van der Waals surface area (Å²) in [5.74, 6) is -0.514. The summed E-state index contributed by atoms with van der Waals surface area (Å²) in [6.07, 6.45) is 4.18.